The Morgan fingerprint density at radius 1 is 1.32 bits per heavy atom. The van der Waals surface area contributed by atoms with Crippen molar-refractivity contribution in [3.8, 4) is 0 Å². The fourth-order valence-corrected chi connectivity index (χ4v) is 5.27. The molecule has 5 heteroatoms. The summed E-state index contributed by atoms with van der Waals surface area (Å²) in [5, 5.41) is 0. The van der Waals surface area contributed by atoms with Crippen molar-refractivity contribution in [1.82, 2.24) is 19.8 Å². The van der Waals surface area contributed by atoms with E-state index in [2.05, 4.69) is 14.8 Å². The average molecular weight is 345 g/mol. The summed E-state index contributed by atoms with van der Waals surface area (Å²) in [7, 11) is 0. The van der Waals surface area contributed by atoms with Gasteiger partial charge in [0.15, 0.2) is 0 Å². The number of aromatic nitrogens is 2. The lowest BCUT2D eigenvalue weighted by Gasteiger charge is -2.45. The van der Waals surface area contributed by atoms with E-state index in [0.29, 0.717) is 0 Å². The normalized spacial score (nSPS) is 28.0. The molecule has 5 nitrogen and oxygen atoms in total. The molecule has 138 valence electrons. The number of imidazole rings is 1. The Bertz CT molecular complexity index is 619. The Balaban J connectivity index is 1.60. The van der Waals surface area contributed by atoms with Crippen LogP contribution < -0.4 is 0 Å². The minimum absolute atomic E-state index is 0.0599. The second-order valence-corrected chi connectivity index (χ2v) is 8.63. The van der Waals surface area contributed by atoms with Crippen molar-refractivity contribution >= 4 is 5.91 Å². The number of carbonyl (C=O) groups is 1. The molecule has 0 aromatic carbocycles. The van der Waals surface area contributed by atoms with Gasteiger partial charge in [-0.05, 0) is 25.2 Å². The van der Waals surface area contributed by atoms with Crippen molar-refractivity contribution in [2.24, 2.45) is 11.8 Å². The van der Waals surface area contributed by atoms with Gasteiger partial charge in [0.05, 0.1) is 17.6 Å². The maximum Gasteiger partial charge on any atom is 0.225 e. The molecule has 1 spiro atoms. The second-order valence-electron chi connectivity index (χ2n) is 8.63. The second kappa shape index (κ2) is 6.75. The van der Waals surface area contributed by atoms with Crippen LogP contribution in [0, 0.1) is 11.8 Å². The third-order valence-electron chi connectivity index (χ3n) is 6.65. The number of nitrogens with one attached hydrogen (secondary N) is 1. The topological polar surface area (TPSA) is 52.2 Å². The van der Waals surface area contributed by atoms with Crippen molar-refractivity contribution in [1.29, 1.82) is 0 Å². The number of hydrogen-bond donors (Lipinski definition) is 1. The summed E-state index contributed by atoms with van der Waals surface area (Å²) in [5.41, 5.74) is 2.45. The molecule has 2 aliphatic heterocycles. The summed E-state index contributed by atoms with van der Waals surface area (Å²) in [6.07, 6.45) is 10.8. The van der Waals surface area contributed by atoms with Crippen LogP contribution in [-0.4, -0.2) is 51.9 Å². The zero-order chi connectivity index (χ0) is 17.4. The molecule has 1 aromatic heterocycles. The van der Waals surface area contributed by atoms with Gasteiger partial charge in [-0.1, -0.05) is 33.1 Å². The van der Waals surface area contributed by atoms with Crippen LogP contribution in [0.15, 0.2) is 6.33 Å². The van der Waals surface area contributed by atoms with Crippen molar-refractivity contribution in [2.45, 2.75) is 64.3 Å². The Labute approximate surface area is 151 Å². The minimum atomic E-state index is -0.0599. The molecule has 0 bridgehead atoms. The number of likely N-dealkylation sites (tertiary alicyclic amines) is 1. The number of rotatable bonds is 3. The van der Waals surface area contributed by atoms with E-state index in [1.165, 1.54) is 50.0 Å². The smallest absolute Gasteiger partial charge is 0.225 e. The molecule has 1 saturated carbocycles. The summed E-state index contributed by atoms with van der Waals surface area (Å²) in [4.78, 5) is 25.5. The van der Waals surface area contributed by atoms with E-state index in [0.717, 1.165) is 38.4 Å². The highest BCUT2D eigenvalue weighted by Crippen LogP contribution is 2.43. The first-order chi connectivity index (χ1) is 12.1. The molecule has 3 aliphatic rings. The number of H-pyrrole nitrogens is 1. The standard InChI is InChI=1S/C20H32N4O/c1-15(2)19(25)23-11-9-20(13-23)18-17(21-14-22-18)8-10-24(20)12-16-6-4-3-5-7-16/h14-16H,3-13H2,1-2H3,(H,21,22). The molecule has 2 fully saturated rings. The lowest BCUT2D eigenvalue weighted by molar-refractivity contribution is -0.134. The molecule has 1 aromatic rings. The van der Waals surface area contributed by atoms with E-state index >= 15 is 0 Å². The highest BCUT2D eigenvalue weighted by atomic mass is 16.2. The molecular formula is C20H32N4O. The monoisotopic (exact) mass is 344 g/mol. The zero-order valence-electron chi connectivity index (χ0n) is 15.8. The summed E-state index contributed by atoms with van der Waals surface area (Å²) in [5.74, 6) is 1.18. The van der Waals surface area contributed by atoms with Crippen LogP contribution in [0.1, 0.15) is 63.8 Å². The van der Waals surface area contributed by atoms with E-state index in [1.807, 2.05) is 20.2 Å². The Hall–Kier alpha value is -1.36. The third-order valence-corrected chi connectivity index (χ3v) is 6.65. The van der Waals surface area contributed by atoms with Crippen molar-refractivity contribution in [3.05, 3.63) is 17.7 Å². The molecule has 1 amide bonds. The quantitative estimate of drug-likeness (QED) is 0.917. The summed E-state index contributed by atoms with van der Waals surface area (Å²) < 4.78 is 0. The first-order valence-electron chi connectivity index (χ1n) is 10.2. The van der Waals surface area contributed by atoms with Crippen LogP contribution in [0.3, 0.4) is 0 Å². The third kappa shape index (κ3) is 3.01. The van der Waals surface area contributed by atoms with Crippen LogP contribution in [0.5, 0.6) is 0 Å². The molecule has 25 heavy (non-hydrogen) atoms. The van der Waals surface area contributed by atoms with E-state index < -0.39 is 0 Å². The summed E-state index contributed by atoms with van der Waals surface area (Å²) in [6.45, 7) is 7.96. The molecule has 0 radical (unpaired) electrons. The SMILES string of the molecule is CC(C)C(=O)N1CCC2(C1)c1nc[nH]c1CCN2CC1CCCCC1. The van der Waals surface area contributed by atoms with Gasteiger partial charge in [0.1, 0.15) is 0 Å². The lowest BCUT2D eigenvalue weighted by atomic mass is 9.82. The van der Waals surface area contributed by atoms with Crippen LogP contribution >= 0.6 is 0 Å². The molecule has 4 rings (SSSR count). The zero-order valence-corrected chi connectivity index (χ0v) is 15.8. The lowest BCUT2D eigenvalue weighted by Crippen LogP contribution is -2.54. The molecular weight excluding hydrogens is 312 g/mol. The van der Waals surface area contributed by atoms with Gasteiger partial charge in [0, 0.05) is 44.2 Å². The van der Waals surface area contributed by atoms with E-state index in [1.54, 1.807) is 0 Å². The average Bonchev–Trinajstić information content (AvgIpc) is 3.26. The number of carbonyl (C=O) groups excluding carboxylic acids is 1. The van der Waals surface area contributed by atoms with Crippen LogP contribution in [0.25, 0.3) is 0 Å². The molecule has 3 heterocycles. The fourth-order valence-electron chi connectivity index (χ4n) is 5.27. The van der Waals surface area contributed by atoms with E-state index in [-0.39, 0.29) is 17.4 Å². The Morgan fingerprint density at radius 2 is 2.12 bits per heavy atom. The predicted octanol–water partition coefficient (Wildman–Crippen LogP) is 2.93. The van der Waals surface area contributed by atoms with Gasteiger partial charge in [-0.25, -0.2) is 4.98 Å². The van der Waals surface area contributed by atoms with Gasteiger partial charge in [0.25, 0.3) is 0 Å². The number of fused-ring (bicyclic) bond motifs is 2. The maximum absolute atomic E-state index is 12.6. The van der Waals surface area contributed by atoms with Gasteiger partial charge in [0.2, 0.25) is 5.91 Å². The highest BCUT2D eigenvalue weighted by molar-refractivity contribution is 5.78. The largest absolute Gasteiger partial charge is 0.348 e. The van der Waals surface area contributed by atoms with Crippen molar-refractivity contribution < 1.29 is 4.79 Å². The van der Waals surface area contributed by atoms with Gasteiger partial charge in [-0.3, -0.25) is 9.69 Å². The van der Waals surface area contributed by atoms with Gasteiger partial charge < -0.3 is 9.88 Å². The molecule has 1 atom stereocenters. The fraction of sp³-hybridized carbons (Fsp3) is 0.800. The van der Waals surface area contributed by atoms with Crippen LogP contribution in [0.2, 0.25) is 0 Å². The molecule has 1 aliphatic carbocycles. The van der Waals surface area contributed by atoms with Gasteiger partial charge >= 0.3 is 0 Å². The van der Waals surface area contributed by atoms with E-state index in [4.69, 9.17) is 4.98 Å². The first kappa shape index (κ1) is 17.1. The maximum atomic E-state index is 12.6. The highest BCUT2D eigenvalue weighted by Gasteiger charge is 2.50. The Kier molecular flexibility index (Phi) is 4.61. The van der Waals surface area contributed by atoms with Crippen molar-refractivity contribution in [2.75, 3.05) is 26.2 Å². The number of hydrogen-bond acceptors (Lipinski definition) is 3. The predicted molar refractivity (Wildman–Crippen MR) is 98.2 cm³/mol. The summed E-state index contributed by atoms with van der Waals surface area (Å²) in [6, 6.07) is 0. The van der Waals surface area contributed by atoms with Gasteiger partial charge in [-0.15, -0.1) is 0 Å². The number of aromatic amines is 1. The molecule has 1 saturated heterocycles. The van der Waals surface area contributed by atoms with Gasteiger partial charge in [-0.2, -0.15) is 0 Å². The van der Waals surface area contributed by atoms with Crippen molar-refractivity contribution in [3.63, 3.8) is 0 Å². The van der Waals surface area contributed by atoms with Crippen LogP contribution in [0.4, 0.5) is 0 Å². The number of nitrogens with zero attached hydrogens (tertiary/aromatic N) is 3. The molecule has 1 unspecified atom stereocenters. The summed E-state index contributed by atoms with van der Waals surface area (Å²) >= 11 is 0. The van der Waals surface area contributed by atoms with E-state index in [9.17, 15) is 4.79 Å². The van der Waals surface area contributed by atoms with Crippen LogP contribution in [-0.2, 0) is 16.8 Å². The minimum Gasteiger partial charge on any atom is -0.348 e. The number of amides is 1. The Morgan fingerprint density at radius 3 is 2.88 bits per heavy atom. The first-order valence-corrected chi connectivity index (χ1v) is 10.2. The molecule has 1 N–H and O–H groups in total.